The summed E-state index contributed by atoms with van der Waals surface area (Å²) in [6.45, 7) is 4.35. The van der Waals surface area contributed by atoms with E-state index in [0.29, 0.717) is 6.04 Å². The molecule has 0 saturated carbocycles. The number of hydrogen-bond acceptors (Lipinski definition) is 1. The number of nitrogens with zero attached hydrogens (tertiary/aromatic N) is 2. The molecule has 0 amide bonds. The van der Waals surface area contributed by atoms with Crippen LogP contribution in [-0.2, 0) is 10.9 Å². The Bertz CT molecular complexity index is 201. The summed E-state index contributed by atoms with van der Waals surface area (Å²) in [7, 11) is 13.4. The van der Waals surface area contributed by atoms with E-state index in [9.17, 15) is 0 Å². The molecule has 1 unspecified atom stereocenters. The van der Waals surface area contributed by atoms with E-state index < -0.39 is 10.9 Å². The molecule has 13 heavy (non-hydrogen) atoms. The van der Waals surface area contributed by atoms with Crippen LogP contribution >= 0.6 is 30.4 Å². The van der Waals surface area contributed by atoms with Crippen molar-refractivity contribution in [2.45, 2.75) is 26.3 Å². The van der Waals surface area contributed by atoms with E-state index in [2.05, 4.69) is 23.4 Å². The van der Waals surface area contributed by atoms with Gasteiger partial charge in [-0.1, -0.05) is 6.92 Å². The fourth-order valence-electron chi connectivity index (χ4n) is 0.741. The van der Waals surface area contributed by atoms with Crippen LogP contribution in [0.15, 0.2) is 18.7 Å². The Hall–Kier alpha value is 0.586. The Labute approximate surface area is 95.7 Å². The third-order valence-corrected chi connectivity index (χ3v) is 1.62. The molecule has 1 atom stereocenters. The minimum atomic E-state index is -1.19. The topological polar surface area (TPSA) is 17.8 Å². The molecule has 80 valence electrons. The van der Waals surface area contributed by atoms with Crippen LogP contribution in [0.4, 0.5) is 0 Å². The van der Waals surface area contributed by atoms with Crippen LogP contribution in [0.2, 0.25) is 0 Å². The van der Waals surface area contributed by atoms with Crippen molar-refractivity contribution in [3.8, 4) is 0 Å². The molecule has 1 aromatic heterocycles. The van der Waals surface area contributed by atoms with E-state index in [-0.39, 0.29) is 0 Å². The molecule has 0 fully saturated rings. The van der Waals surface area contributed by atoms with Crippen molar-refractivity contribution >= 4 is 30.4 Å². The summed E-state index contributed by atoms with van der Waals surface area (Å²) in [4.78, 5) is 3.95. The van der Waals surface area contributed by atoms with Crippen molar-refractivity contribution in [1.29, 1.82) is 0 Å². The maximum absolute atomic E-state index is 4.87. The average molecular weight is 289 g/mol. The van der Waals surface area contributed by atoms with Gasteiger partial charge in [0.1, 0.15) is 0 Å². The van der Waals surface area contributed by atoms with Gasteiger partial charge in [-0.3, -0.25) is 0 Å². The van der Waals surface area contributed by atoms with Gasteiger partial charge < -0.3 is 4.57 Å². The molecule has 0 bridgehead atoms. The van der Waals surface area contributed by atoms with Crippen LogP contribution in [0.25, 0.3) is 0 Å². The molecule has 0 aromatic carbocycles. The van der Waals surface area contributed by atoms with Gasteiger partial charge in [0.15, 0.2) is 0 Å². The summed E-state index contributed by atoms with van der Waals surface area (Å²) in [6.07, 6.45) is 6.82. The molecule has 0 saturated heterocycles. The predicted molar refractivity (Wildman–Crippen MR) is 54.8 cm³/mol. The molecule has 0 aliphatic heterocycles. The van der Waals surface area contributed by atoms with Gasteiger partial charge >= 0.3 is 41.4 Å². The summed E-state index contributed by atoms with van der Waals surface area (Å²) >= 11 is 0. The van der Waals surface area contributed by atoms with Crippen LogP contribution in [0, 0.1) is 0 Å². The first-order chi connectivity index (χ1) is 6.07. The SMILES string of the molecule is CCC(C)n1ccnc1.[Cl][Co]([Cl])[Cl]. The Morgan fingerprint density at radius 1 is 1.46 bits per heavy atom. The Balaban J connectivity index is 0.000000310. The van der Waals surface area contributed by atoms with E-state index in [1.54, 1.807) is 0 Å². The molecular weight excluding hydrogens is 277 g/mol. The summed E-state index contributed by atoms with van der Waals surface area (Å²) in [5, 5.41) is 0. The van der Waals surface area contributed by atoms with Crippen LogP contribution in [0.1, 0.15) is 26.3 Å². The second-order valence-electron chi connectivity index (χ2n) is 2.41. The first-order valence-corrected chi connectivity index (χ1v) is 7.99. The normalized spacial score (nSPS) is 12.8. The summed E-state index contributed by atoms with van der Waals surface area (Å²) in [5.41, 5.74) is 0. The van der Waals surface area contributed by atoms with Gasteiger partial charge in [0.25, 0.3) is 0 Å². The zero-order valence-corrected chi connectivity index (χ0v) is 10.7. The van der Waals surface area contributed by atoms with Crippen molar-refractivity contribution in [3.63, 3.8) is 0 Å². The molecule has 0 aliphatic rings. The van der Waals surface area contributed by atoms with Gasteiger partial charge in [-0.25, -0.2) is 4.98 Å². The van der Waals surface area contributed by atoms with Crippen molar-refractivity contribution in [2.24, 2.45) is 0 Å². The molecule has 0 spiro atoms. The van der Waals surface area contributed by atoms with Gasteiger partial charge in [0, 0.05) is 18.4 Å². The molecule has 0 aliphatic carbocycles. The molecule has 0 N–H and O–H groups in total. The monoisotopic (exact) mass is 288 g/mol. The van der Waals surface area contributed by atoms with Gasteiger partial charge in [0.05, 0.1) is 6.33 Å². The summed E-state index contributed by atoms with van der Waals surface area (Å²) in [6, 6.07) is 0.590. The molecule has 0 radical (unpaired) electrons. The van der Waals surface area contributed by atoms with E-state index >= 15 is 0 Å². The van der Waals surface area contributed by atoms with E-state index in [1.807, 2.05) is 18.7 Å². The number of halogens is 3. The quantitative estimate of drug-likeness (QED) is 0.807. The second-order valence-corrected chi connectivity index (χ2v) is 7.57. The van der Waals surface area contributed by atoms with E-state index in [0.717, 1.165) is 6.42 Å². The average Bonchev–Trinajstić information content (AvgIpc) is 2.54. The number of rotatable bonds is 2. The zero-order valence-electron chi connectivity index (χ0n) is 7.38. The minimum absolute atomic E-state index is 0.590. The van der Waals surface area contributed by atoms with Crippen molar-refractivity contribution in [2.75, 3.05) is 0 Å². The van der Waals surface area contributed by atoms with Crippen molar-refractivity contribution < 1.29 is 10.9 Å². The van der Waals surface area contributed by atoms with E-state index in [4.69, 9.17) is 30.4 Å². The van der Waals surface area contributed by atoms with E-state index in [1.165, 1.54) is 0 Å². The summed E-state index contributed by atoms with van der Waals surface area (Å²) in [5.74, 6) is 0. The van der Waals surface area contributed by atoms with Crippen LogP contribution in [-0.4, -0.2) is 9.55 Å². The molecular formula is C7H12Cl3CoN2. The first-order valence-electron chi connectivity index (χ1n) is 3.69. The standard InChI is InChI=1S/C7H12N2.3ClH.Co/c1-3-7(2)9-5-4-8-6-9;;;;/h4-7H,3H2,1-2H3;3*1H;/q;;;;+3/p-3. The van der Waals surface area contributed by atoms with Gasteiger partial charge in [0.2, 0.25) is 0 Å². The first kappa shape index (κ1) is 13.6. The van der Waals surface area contributed by atoms with Crippen molar-refractivity contribution in [1.82, 2.24) is 9.55 Å². The zero-order chi connectivity index (χ0) is 10.3. The van der Waals surface area contributed by atoms with Crippen LogP contribution in [0.3, 0.4) is 0 Å². The summed E-state index contributed by atoms with van der Waals surface area (Å²) < 4.78 is 2.11. The number of aromatic nitrogens is 2. The Kier molecular flexibility index (Phi) is 8.30. The molecule has 1 heterocycles. The molecule has 1 rings (SSSR count). The predicted octanol–water partition coefficient (Wildman–Crippen LogP) is 3.92. The second kappa shape index (κ2) is 7.94. The molecule has 6 heteroatoms. The van der Waals surface area contributed by atoms with Crippen molar-refractivity contribution in [3.05, 3.63) is 18.7 Å². The van der Waals surface area contributed by atoms with Gasteiger partial charge in [-0.2, -0.15) is 0 Å². The van der Waals surface area contributed by atoms with Crippen LogP contribution < -0.4 is 0 Å². The number of hydrogen-bond donors (Lipinski definition) is 0. The Morgan fingerprint density at radius 2 is 2.00 bits per heavy atom. The molecule has 2 nitrogen and oxygen atoms in total. The van der Waals surface area contributed by atoms with Gasteiger partial charge in [-0.05, 0) is 13.3 Å². The third kappa shape index (κ3) is 7.64. The Morgan fingerprint density at radius 3 is 2.31 bits per heavy atom. The third-order valence-electron chi connectivity index (χ3n) is 1.62. The van der Waals surface area contributed by atoms with Gasteiger partial charge in [-0.15, -0.1) is 0 Å². The molecule has 1 aromatic rings. The number of imidazole rings is 1. The fourth-order valence-corrected chi connectivity index (χ4v) is 0.741. The van der Waals surface area contributed by atoms with Crippen LogP contribution in [0.5, 0.6) is 0 Å². The fraction of sp³-hybridized carbons (Fsp3) is 0.571. The maximum atomic E-state index is 4.87.